The van der Waals surface area contributed by atoms with E-state index in [1.165, 1.54) is 0 Å². The first-order valence-corrected chi connectivity index (χ1v) is 7.90. The molecule has 0 aromatic heterocycles. The summed E-state index contributed by atoms with van der Waals surface area (Å²) < 4.78 is 0. The largest absolute Gasteiger partial charge is 0.481 e. The third-order valence-electron chi connectivity index (χ3n) is 3.63. The second-order valence-corrected chi connectivity index (χ2v) is 8.23. The minimum atomic E-state index is -0.761. The van der Waals surface area contributed by atoms with Crippen LogP contribution in [0.4, 0.5) is 0 Å². The lowest BCUT2D eigenvalue weighted by atomic mass is 9.83. The van der Waals surface area contributed by atoms with Crippen molar-refractivity contribution in [2.75, 3.05) is 6.54 Å². The number of rotatable bonds is 9. The minimum absolute atomic E-state index is 0.0529. The predicted octanol–water partition coefficient (Wildman–Crippen LogP) is 3.85. The van der Waals surface area contributed by atoms with Crippen LogP contribution in [0.15, 0.2) is 0 Å². The van der Waals surface area contributed by atoms with Gasteiger partial charge in [-0.15, -0.1) is 0 Å². The average molecular weight is 299 g/mol. The molecule has 0 aromatic carbocycles. The third kappa shape index (κ3) is 12.4. The highest BCUT2D eigenvalue weighted by Gasteiger charge is 2.20. The summed E-state index contributed by atoms with van der Waals surface area (Å²) in [5, 5.41) is 11.7. The van der Waals surface area contributed by atoms with Crippen LogP contribution >= 0.6 is 0 Å². The molecule has 1 unspecified atom stereocenters. The Morgan fingerprint density at radius 1 is 1.10 bits per heavy atom. The summed E-state index contributed by atoms with van der Waals surface area (Å²) in [6.07, 6.45) is 3.22. The second kappa shape index (κ2) is 8.40. The van der Waals surface area contributed by atoms with Gasteiger partial charge in [-0.2, -0.15) is 0 Å². The van der Waals surface area contributed by atoms with E-state index in [0.717, 1.165) is 12.8 Å². The fourth-order valence-corrected chi connectivity index (χ4v) is 2.62. The summed E-state index contributed by atoms with van der Waals surface area (Å²) in [7, 11) is 0. The van der Waals surface area contributed by atoms with Crippen LogP contribution in [-0.2, 0) is 9.59 Å². The quantitative estimate of drug-likeness (QED) is 0.679. The molecule has 4 heteroatoms. The van der Waals surface area contributed by atoms with Crippen LogP contribution in [0.25, 0.3) is 0 Å². The summed E-state index contributed by atoms with van der Waals surface area (Å²) in [6, 6.07) is 0. The van der Waals surface area contributed by atoms with Crippen LogP contribution in [0.3, 0.4) is 0 Å². The van der Waals surface area contributed by atoms with Gasteiger partial charge in [0.15, 0.2) is 0 Å². The van der Waals surface area contributed by atoms with Crippen molar-refractivity contribution < 1.29 is 14.7 Å². The predicted molar refractivity (Wildman–Crippen MR) is 86.1 cm³/mol. The summed E-state index contributed by atoms with van der Waals surface area (Å²) in [6.45, 7) is 13.4. The van der Waals surface area contributed by atoms with E-state index < -0.39 is 5.97 Å². The molecule has 0 spiro atoms. The molecule has 1 amide bonds. The zero-order valence-corrected chi connectivity index (χ0v) is 14.6. The molecule has 0 saturated heterocycles. The van der Waals surface area contributed by atoms with Gasteiger partial charge in [-0.25, -0.2) is 0 Å². The van der Waals surface area contributed by atoms with Crippen LogP contribution in [0.5, 0.6) is 0 Å². The van der Waals surface area contributed by atoms with Crippen LogP contribution in [0.2, 0.25) is 0 Å². The average Bonchev–Trinajstić information content (AvgIpc) is 2.23. The zero-order chi connectivity index (χ0) is 16.7. The molecular formula is C17H33NO3. The van der Waals surface area contributed by atoms with E-state index in [4.69, 9.17) is 5.11 Å². The summed E-state index contributed by atoms with van der Waals surface area (Å²) >= 11 is 0. The van der Waals surface area contributed by atoms with Crippen LogP contribution in [0.1, 0.15) is 73.6 Å². The van der Waals surface area contributed by atoms with Gasteiger partial charge in [0, 0.05) is 19.4 Å². The molecular weight excluding hydrogens is 266 g/mol. The van der Waals surface area contributed by atoms with Crippen molar-refractivity contribution >= 4 is 11.9 Å². The van der Waals surface area contributed by atoms with Crippen molar-refractivity contribution in [1.29, 1.82) is 0 Å². The van der Waals surface area contributed by atoms with E-state index >= 15 is 0 Å². The Morgan fingerprint density at radius 3 is 2.14 bits per heavy atom. The molecule has 0 radical (unpaired) electrons. The van der Waals surface area contributed by atoms with Gasteiger partial charge in [0.2, 0.25) is 5.91 Å². The van der Waals surface area contributed by atoms with Crippen LogP contribution < -0.4 is 5.32 Å². The van der Waals surface area contributed by atoms with E-state index in [1.54, 1.807) is 0 Å². The molecule has 2 N–H and O–H groups in total. The Balaban J connectivity index is 3.95. The van der Waals surface area contributed by atoms with Gasteiger partial charge in [-0.3, -0.25) is 9.59 Å². The Kier molecular flexibility index (Phi) is 7.98. The Bertz CT molecular complexity index is 342. The molecule has 0 rings (SSSR count). The number of carboxylic acids is 1. The lowest BCUT2D eigenvalue weighted by Crippen LogP contribution is -2.30. The van der Waals surface area contributed by atoms with Crippen LogP contribution in [0, 0.1) is 16.7 Å². The highest BCUT2D eigenvalue weighted by molar-refractivity contribution is 5.76. The minimum Gasteiger partial charge on any atom is -0.481 e. The van der Waals surface area contributed by atoms with Gasteiger partial charge in [0.25, 0.3) is 0 Å². The second-order valence-electron chi connectivity index (χ2n) is 8.23. The summed E-state index contributed by atoms with van der Waals surface area (Å²) in [5.41, 5.74) is 0.196. The van der Waals surface area contributed by atoms with Gasteiger partial charge < -0.3 is 10.4 Å². The van der Waals surface area contributed by atoms with E-state index in [1.807, 2.05) is 13.8 Å². The van der Waals surface area contributed by atoms with Gasteiger partial charge in [0.1, 0.15) is 0 Å². The zero-order valence-electron chi connectivity index (χ0n) is 14.6. The number of nitrogens with one attached hydrogen (secondary N) is 1. The van der Waals surface area contributed by atoms with Gasteiger partial charge in [-0.1, -0.05) is 41.5 Å². The first-order chi connectivity index (χ1) is 9.41. The fourth-order valence-electron chi connectivity index (χ4n) is 2.62. The third-order valence-corrected chi connectivity index (χ3v) is 3.63. The molecule has 21 heavy (non-hydrogen) atoms. The first kappa shape index (κ1) is 19.9. The molecule has 124 valence electrons. The van der Waals surface area contributed by atoms with Crippen molar-refractivity contribution in [2.45, 2.75) is 73.6 Å². The Hall–Kier alpha value is -1.06. The van der Waals surface area contributed by atoms with Crippen molar-refractivity contribution in [1.82, 2.24) is 5.32 Å². The molecule has 0 heterocycles. The maximum absolute atomic E-state index is 11.9. The van der Waals surface area contributed by atoms with Crippen molar-refractivity contribution in [2.24, 2.45) is 16.7 Å². The number of hydrogen-bond acceptors (Lipinski definition) is 2. The number of carboxylic acid groups (broad SMARTS) is 1. The molecule has 0 bridgehead atoms. The van der Waals surface area contributed by atoms with E-state index in [-0.39, 0.29) is 23.2 Å². The molecule has 0 aliphatic heterocycles. The fraction of sp³-hybridized carbons (Fsp3) is 0.882. The molecule has 4 nitrogen and oxygen atoms in total. The number of aliphatic carboxylic acids is 1. The van der Waals surface area contributed by atoms with Crippen molar-refractivity contribution in [3.8, 4) is 0 Å². The standard InChI is InChI=1S/C17H33NO3/c1-13(12-16(2,3)4)11-14(19)18-10-9-17(5,6)8-7-15(20)21/h13H,7-12H2,1-6H3,(H,18,19)(H,20,21). The molecule has 0 fully saturated rings. The first-order valence-electron chi connectivity index (χ1n) is 7.90. The van der Waals surface area contributed by atoms with Gasteiger partial charge in [-0.05, 0) is 36.0 Å². The Labute approximate surface area is 129 Å². The smallest absolute Gasteiger partial charge is 0.303 e. The lowest BCUT2D eigenvalue weighted by molar-refractivity contribution is -0.137. The van der Waals surface area contributed by atoms with E-state index in [2.05, 4.69) is 33.0 Å². The topological polar surface area (TPSA) is 66.4 Å². The Morgan fingerprint density at radius 2 is 1.67 bits per heavy atom. The monoisotopic (exact) mass is 299 g/mol. The molecule has 0 aliphatic rings. The van der Waals surface area contributed by atoms with Crippen molar-refractivity contribution in [3.63, 3.8) is 0 Å². The van der Waals surface area contributed by atoms with Crippen LogP contribution in [-0.4, -0.2) is 23.5 Å². The highest BCUT2D eigenvalue weighted by atomic mass is 16.4. The number of amides is 1. The number of carbonyl (C=O) groups excluding carboxylic acids is 1. The maximum atomic E-state index is 11.9. The van der Waals surface area contributed by atoms with E-state index in [9.17, 15) is 9.59 Å². The molecule has 0 aliphatic carbocycles. The number of carbonyl (C=O) groups is 2. The van der Waals surface area contributed by atoms with Gasteiger partial charge >= 0.3 is 5.97 Å². The molecule has 1 atom stereocenters. The van der Waals surface area contributed by atoms with Gasteiger partial charge in [0.05, 0.1) is 0 Å². The molecule has 0 aromatic rings. The lowest BCUT2D eigenvalue weighted by Gasteiger charge is -2.25. The summed E-state index contributed by atoms with van der Waals surface area (Å²) in [5.74, 6) is -0.283. The van der Waals surface area contributed by atoms with E-state index in [0.29, 0.717) is 25.3 Å². The SMILES string of the molecule is CC(CC(=O)NCCC(C)(C)CCC(=O)O)CC(C)(C)C. The molecule has 0 saturated carbocycles. The highest BCUT2D eigenvalue weighted by Crippen LogP contribution is 2.27. The number of hydrogen-bond donors (Lipinski definition) is 2. The maximum Gasteiger partial charge on any atom is 0.303 e. The summed E-state index contributed by atoms with van der Waals surface area (Å²) in [4.78, 5) is 22.5. The normalized spacial score (nSPS) is 13.8. The van der Waals surface area contributed by atoms with Crippen molar-refractivity contribution in [3.05, 3.63) is 0 Å².